The highest BCUT2D eigenvalue weighted by atomic mass is 32.2. The Morgan fingerprint density at radius 3 is 2.38 bits per heavy atom. The van der Waals surface area contributed by atoms with Gasteiger partial charge in [-0.25, -0.2) is 0 Å². The maximum Gasteiger partial charge on any atom is 0.231 e. The van der Waals surface area contributed by atoms with Crippen molar-refractivity contribution < 1.29 is 9.59 Å². The molecule has 2 atom stereocenters. The average molecular weight is 255 g/mol. The van der Waals surface area contributed by atoms with Crippen LogP contribution in [0, 0.1) is 0 Å². The molecule has 1 aromatic rings. The number of rotatable bonds is 4. The lowest BCUT2D eigenvalue weighted by Crippen LogP contribution is -2.31. The summed E-state index contributed by atoms with van der Waals surface area (Å²) >= 11 is 5.13. The van der Waals surface area contributed by atoms with Crippen LogP contribution in [-0.4, -0.2) is 21.5 Å². The molecule has 0 aliphatic carbocycles. The second-order valence-electron chi connectivity index (χ2n) is 3.32. The summed E-state index contributed by atoms with van der Waals surface area (Å²) in [5.74, 6) is -0.510. The minimum absolute atomic E-state index is 0.0756. The molecule has 1 aromatic carbocycles. The molecule has 2 N–H and O–H groups in total. The fourth-order valence-corrected chi connectivity index (χ4v) is 2.16. The van der Waals surface area contributed by atoms with Crippen LogP contribution in [0.25, 0.3) is 0 Å². The fourth-order valence-electron chi connectivity index (χ4n) is 1.11. The molecule has 5 heteroatoms. The van der Waals surface area contributed by atoms with Crippen LogP contribution in [0.4, 0.5) is 0 Å². The van der Waals surface area contributed by atoms with Crippen LogP contribution < -0.4 is 5.73 Å². The van der Waals surface area contributed by atoms with Crippen molar-refractivity contribution >= 4 is 35.4 Å². The van der Waals surface area contributed by atoms with Crippen LogP contribution in [0.5, 0.6) is 0 Å². The van der Waals surface area contributed by atoms with Gasteiger partial charge in [0.1, 0.15) is 0 Å². The van der Waals surface area contributed by atoms with Gasteiger partial charge in [0.05, 0.1) is 5.25 Å². The van der Waals surface area contributed by atoms with Crippen molar-refractivity contribution in [3.8, 4) is 0 Å². The summed E-state index contributed by atoms with van der Waals surface area (Å²) in [5.41, 5.74) is 5.73. The maximum absolute atomic E-state index is 11.8. The van der Waals surface area contributed by atoms with Crippen LogP contribution in [0.15, 0.2) is 30.3 Å². The second-order valence-corrected chi connectivity index (χ2v) is 5.23. The first-order valence-corrected chi connectivity index (χ1v) is 6.15. The Morgan fingerprint density at radius 2 is 1.88 bits per heavy atom. The molecule has 1 rings (SSSR count). The lowest BCUT2D eigenvalue weighted by Gasteiger charge is -2.14. The zero-order valence-electron chi connectivity index (χ0n) is 8.79. The number of thiol groups is 1. The van der Waals surface area contributed by atoms with Crippen molar-refractivity contribution in [3.63, 3.8) is 0 Å². The zero-order valence-corrected chi connectivity index (χ0v) is 10.5. The van der Waals surface area contributed by atoms with E-state index >= 15 is 0 Å². The largest absolute Gasteiger partial charge is 0.369 e. The summed E-state index contributed by atoms with van der Waals surface area (Å²) in [6.45, 7) is 1.76. The van der Waals surface area contributed by atoms with Crippen LogP contribution >= 0.6 is 24.4 Å². The topological polar surface area (TPSA) is 60.2 Å². The number of primary amides is 1. The van der Waals surface area contributed by atoms with E-state index in [0.717, 1.165) is 11.8 Å². The molecule has 2 unspecified atom stereocenters. The molecular formula is C11H13NO2S2. The minimum Gasteiger partial charge on any atom is -0.369 e. The molecule has 1 amide bonds. The van der Waals surface area contributed by atoms with Gasteiger partial charge in [-0.05, 0) is 0 Å². The summed E-state index contributed by atoms with van der Waals surface area (Å²) in [6, 6.07) is 8.91. The Bertz CT molecular complexity index is 381. The van der Waals surface area contributed by atoms with Crippen LogP contribution in [0.3, 0.4) is 0 Å². The third kappa shape index (κ3) is 3.57. The molecule has 0 bridgehead atoms. The molecule has 0 saturated heterocycles. The Hall–Kier alpha value is -0.940. The van der Waals surface area contributed by atoms with E-state index in [1.807, 2.05) is 6.07 Å². The number of carbonyl (C=O) groups excluding carboxylic acids is 2. The quantitative estimate of drug-likeness (QED) is 0.806. The highest BCUT2D eigenvalue weighted by molar-refractivity contribution is 8.15. The molecule has 0 radical (unpaired) electrons. The van der Waals surface area contributed by atoms with Gasteiger partial charge >= 0.3 is 0 Å². The first kappa shape index (κ1) is 13.1. The molecular weight excluding hydrogens is 242 g/mol. The van der Waals surface area contributed by atoms with Crippen molar-refractivity contribution in [1.82, 2.24) is 0 Å². The predicted octanol–water partition coefficient (Wildman–Crippen LogP) is 1.73. The monoisotopic (exact) mass is 255 g/mol. The summed E-state index contributed by atoms with van der Waals surface area (Å²) in [4.78, 5) is 22.6. The van der Waals surface area contributed by atoms with Gasteiger partial charge in [-0.3, -0.25) is 9.59 Å². The van der Waals surface area contributed by atoms with Crippen LogP contribution in [0.1, 0.15) is 17.3 Å². The van der Waals surface area contributed by atoms with E-state index in [4.69, 9.17) is 5.73 Å². The van der Waals surface area contributed by atoms with Gasteiger partial charge in [0.15, 0.2) is 0 Å². The van der Waals surface area contributed by atoms with Gasteiger partial charge in [0.2, 0.25) is 11.0 Å². The molecule has 0 aromatic heterocycles. The number of hydrogen-bond acceptors (Lipinski definition) is 4. The number of amides is 1. The zero-order chi connectivity index (χ0) is 12.1. The second kappa shape index (κ2) is 5.96. The van der Waals surface area contributed by atoms with Gasteiger partial charge in [-0.15, -0.1) is 0 Å². The molecule has 16 heavy (non-hydrogen) atoms. The van der Waals surface area contributed by atoms with E-state index < -0.39 is 11.2 Å². The molecule has 0 aliphatic rings. The highest BCUT2D eigenvalue weighted by Crippen LogP contribution is 2.22. The molecule has 0 saturated carbocycles. The number of benzene rings is 1. The van der Waals surface area contributed by atoms with Crippen molar-refractivity contribution in [2.24, 2.45) is 5.73 Å². The molecule has 0 fully saturated rings. The third-order valence-corrected chi connectivity index (χ3v) is 4.04. The Kier molecular flexibility index (Phi) is 4.89. The Balaban J connectivity index is 2.62. The Labute approximate surface area is 104 Å². The van der Waals surface area contributed by atoms with Crippen LogP contribution in [0.2, 0.25) is 0 Å². The van der Waals surface area contributed by atoms with Gasteiger partial charge in [0, 0.05) is 10.8 Å². The molecule has 0 aliphatic heterocycles. The van der Waals surface area contributed by atoms with Crippen molar-refractivity contribution in [2.45, 2.75) is 17.4 Å². The molecule has 3 nitrogen and oxygen atoms in total. The SMILES string of the molecule is CC(SC(=O)c1ccccc1)C(S)C(N)=O. The summed E-state index contributed by atoms with van der Waals surface area (Å²) in [5, 5.41) is -0.931. The fraction of sp³-hybridized carbons (Fsp3) is 0.273. The first-order valence-electron chi connectivity index (χ1n) is 4.75. The first-order chi connectivity index (χ1) is 7.52. The van der Waals surface area contributed by atoms with Crippen molar-refractivity contribution in [1.29, 1.82) is 0 Å². The van der Waals surface area contributed by atoms with E-state index in [2.05, 4.69) is 12.6 Å². The maximum atomic E-state index is 11.8. The number of carbonyl (C=O) groups is 2. The van der Waals surface area contributed by atoms with Crippen molar-refractivity contribution in [3.05, 3.63) is 35.9 Å². The van der Waals surface area contributed by atoms with E-state index in [1.54, 1.807) is 31.2 Å². The summed E-state index contributed by atoms with van der Waals surface area (Å²) in [6.07, 6.45) is 0. The summed E-state index contributed by atoms with van der Waals surface area (Å²) in [7, 11) is 0. The number of hydrogen-bond donors (Lipinski definition) is 2. The van der Waals surface area contributed by atoms with E-state index in [1.165, 1.54) is 0 Å². The Morgan fingerprint density at radius 1 is 1.31 bits per heavy atom. The lowest BCUT2D eigenvalue weighted by atomic mass is 10.2. The molecule has 0 spiro atoms. The van der Waals surface area contributed by atoms with E-state index in [9.17, 15) is 9.59 Å². The molecule has 86 valence electrons. The summed E-state index contributed by atoms with van der Waals surface area (Å²) < 4.78 is 0. The standard InChI is InChI=1S/C11H13NO2S2/c1-7(9(15)10(12)13)16-11(14)8-5-3-2-4-6-8/h2-7,9,15H,1H3,(H2,12,13). The van der Waals surface area contributed by atoms with Crippen molar-refractivity contribution in [2.75, 3.05) is 0 Å². The molecule has 0 heterocycles. The van der Waals surface area contributed by atoms with Gasteiger partial charge in [-0.2, -0.15) is 12.6 Å². The normalized spacial score (nSPS) is 14.1. The predicted molar refractivity (Wildman–Crippen MR) is 69.8 cm³/mol. The van der Waals surface area contributed by atoms with E-state index in [0.29, 0.717) is 5.56 Å². The van der Waals surface area contributed by atoms with Gasteiger partial charge in [-0.1, -0.05) is 49.0 Å². The minimum atomic E-state index is -0.613. The third-order valence-electron chi connectivity index (χ3n) is 2.04. The highest BCUT2D eigenvalue weighted by Gasteiger charge is 2.22. The van der Waals surface area contributed by atoms with Crippen LogP contribution in [-0.2, 0) is 4.79 Å². The lowest BCUT2D eigenvalue weighted by molar-refractivity contribution is -0.117. The van der Waals surface area contributed by atoms with Gasteiger partial charge in [0.25, 0.3) is 0 Å². The van der Waals surface area contributed by atoms with Gasteiger partial charge < -0.3 is 5.73 Å². The number of nitrogens with two attached hydrogens (primary N) is 1. The van der Waals surface area contributed by atoms with E-state index in [-0.39, 0.29) is 10.4 Å². The smallest absolute Gasteiger partial charge is 0.231 e. The number of thioether (sulfide) groups is 1. The average Bonchev–Trinajstić information content (AvgIpc) is 2.28.